The Morgan fingerprint density at radius 2 is 1.69 bits per heavy atom. The van der Waals surface area contributed by atoms with Gasteiger partial charge in [-0.15, -0.1) is 0 Å². The maximum atomic E-state index is 13.7. The van der Waals surface area contributed by atoms with E-state index < -0.39 is 97.7 Å². The van der Waals surface area contributed by atoms with Crippen LogP contribution in [0.3, 0.4) is 0 Å². The molecule has 12 atom stereocenters. The van der Waals surface area contributed by atoms with Crippen molar-refractivity contribution in [1.82, 2.24) is 5.32 Å². The molecule has 6 unspecified atom stereocenters. The van der Waals surface area contributed by atoms with Gasteiger partial charge in [-0.1, -0.05) is 39.8 Å². The van der Waals surface area contributed by atoms with Gasteiger partial charge in [0.15, 0.2) is 24.7 Å². The van der Waals surface area contributed by atoms with Crippen molar-refractivity contribution in [3.63, 3.8) is 0 Å². The van der Waals surface area contributed by atoms with Crippen molar-refractivity contribution in [2.45, 2.75) is 140 Å². The summed E-state index contributed by atoms with van der Waals surface area (Å²) in [6, 6.07) is -2.32. The molecule has 2 aliphatic heterocycles. The molecule has 15 heteroatoms. The molecule has 0 saturated carbocycles. The molecule has 45 heavy (non-hydrogen) atoms. The Labute approximate surface area is 265 Å². The fraction of sp³-hybridized carbons (Fsp3) is 0.900. The first-order valence-corrected chi connectivity index (χ1v) is 15.5. The Balaban J connectivity index is 2.44. The summed E-state index contributed by atoms with van der Waals surface area (Å²) in [5, 5.41) is 76.7. The van der Waals surface area contributed by atoms with Crippen LogP contribution in [0.4, 0.5) is 0 Å². The Kier molecular flexibility index (Phi) is 15.7. The standard InChI is InChI=1S/C30H56N2O13/c1-14(2)8-9-17(44-29-26(36)24(31)25(35)16(5)43-29)10-21-23(20(34)13-30(40,45-21)12-19(33)15(3)4)27(37)32-18(28(38)39)11-22(41-6)42-7/h8-9,14-26,28-29,33-36,38-40H,10-13,31H2,1-7H3,(H,32,37)/b9-8+/t16?,17-,18?,19+,20-,21-,23+,24?,25?,26?,29?,30+/m0/s1. The molecule has 0 bridgehead atoms. The van der Waals surface area contributed by atoms with Gasteiger partial charge in [0, 0.05) is 39.9 Å². The van der Waals surface area contributed by atoms with Gasteiger partial charge in [-0.05, 0) is 18.8 Å². The number of hydrogen-bond acceptors (Lipinski definition) is 14. The quantitative estimate of drug-likeness (QED) is 0.0676. The number of ether oxygens (including phenoxy) is 5. The van der Waals surface area contributed by atoms with Gasteiger partial charge in [-0.2, -0.15) is 0 Å². The summed E-state index contributed by atoms with van der Waals surface area (Å²) in [4.78, 5) is 13.7. The van der Waals surface area contributed by atoms with E-state index in [9.17, 15) is 40.5 Å². The van der Waals surface area contributed by atoms with Crippen molar-refractivity contribution in [2.75, 3.05) is 14.2 Å². The molecule has 0 spiro atoms. The van der Waals surface area contributed by atoms with Gasteiger partial charge < -0.3 is 70.5 Å². The molecular formula is C30H56N2O13. The minimum atomic E-state index is -2.02. The average Bonchev–Trinajstić information content (AvgIpc) is 2.94. The van der Waals surface area contributed by atoms with E-state index in [2.05, 4.69) is 5.32 Å². The third kappa shape index (κ3) is 11.4. The lowest BCUT2D eigenvalue weighted by Crippen LogP contribution is -2.62. The van der Waals surface area contributed by atoms with Crippen molar-refractivity contribution in [3.8, 4) is 0 Å². The van der Waals surface area contributed by atoms with Crippen molar-refractivity contribution in [1.29, 1.82) is 0 Å². The molecule has 1 amide bonds. The summed E-state index contributed by atoms with van der Waals surface area (Å²) < 4.78 is 28.2. The number of methoxy groups -OCH3 is 2. The molecule has 0 aromatic rings. The van der Waals surface area contributed by atoms with Crippen LogP contribution in [0.2, 0.25) is 0 Å². The zero-order valence-electron chi connectivity index (χ0n) is 27.3. The van der Waals surface area contributed by atoms with Crippen LogP contribution in [0, 0.1) is 17.8 Å². The van der Waals surface area contributed by atoms with E-state index in [0.717, 1.165) is 0 Å². The van der Waals surface area contributed by atoms with Crippen LogP contribution in [0.15, 0.2) is 12.2 Å². The molecule has 264 valence electrons. The third-order valence-corrected chi connectivity index (χ3v) is 8.36. The lowest BCUT2D eigenvalue weighted by molar-refractivity contribution is -0.307. The summed E-state index contributed by atoms with van der Waals surface area (Å²) in [7, 11) is 2.70. The van der Waals surface area contributed by atoms with E-state index in [0.29, 0.717) is 0 Å². The fourth-order valence-corrected chi connectivity index (χ4v) is 5.48. The smallest absolute Gasteiger partial charge is 0.228 e. The number of allylic oxidation sites excluding steroid dienone is 1. The molecule has 2 fully saturated rings. The molecule has 2 saturated heterocycles. The minimum Gasteiger partial charge on any atom is -0.393 e. The van der Waals surface area contributed by atoms with Gasteiger partial charge in [0.2, 0.25) is 5.91 Å². The highest BCUT2D eigenvalue weighted by Crippen LogP contribution is 2.38. The summed E-state index contributed by atoms with van der Waals surface area (Å²) in [5.74, 6) is -4.35. The largest absolute Gasteiger partial charge is 0.393 e. The van der Waals surface area contributed by atoms with Crippen LogP contribution in [-0.4, -0.2) is 135 Å². The summed E-state index contributed by atoms with van der Waals surface area (Å²) in [6.07, 6.45) is -9.56. The van der Waals surface area contributed by atoms with Crippen molar-refractivity contribution in [2.24, 2.45) is 23.5 Å². The Hall–Kier alpha value is -1.31. The topological polar surface area (TPSA) is 243 Å². The number of aliphatic hydroxyl groups excluding tert-OH is 5. The Bertz CT molecular complexity index is 920. The third-order valence-electron chi connectivity index (χ3n) is 8.36. The van der Waals surface area contributed by atoms with Crippen LogP contribution >= 0.6 is 0 Å². The summed E-state index contributed by atoms with van der Waals surface area (Å²) in [6.45, 7) is 8.94. The monoisotopic (exact) mass is 652 g/mol. The predicted octanol–water partition coefficient (Wildman–Crippen LogP) is -1.57. The second-order valence-electron chi connectivity index (χ2n) is 12.9. The van der Waals surface area contributed by atoms with Gasteiger partial charge in [-0.25, -0.2) is 0 Å². The second kappa shape index (κ2) is 17.7. The number of rotatable bonds is 16. The zero-order valence-corrected chi connectivity index (χ0v) is 27.3. The van der Waals surface area contributed by atoms with Gasteiger partial charge in [0.05, 0.1) is 54.6 Å². The summed E-state index contributed by atoms with van der Waals surface area (Å²) >= 11 is 0. The van der Waals surface area contributed by atoms with Crippen LogP contribution in [-0.2, 0) is 28.5 Å². The maximum absolute atomic E-state index is 13.7. The summed E-state index contributed by atoms with van der Waals surface area (Å²) in [5.41, 5.74) is 5.99. The predicted molar refractivity (Wildman–Crippen MR) is 160 cm³/mol. The molecule has 2 heterocycles. The molecule has 0 aromatic heterocycles. The molecule has 10 N–H and O–H groups in total. The molecule has 0 radical (unpaired) electrons. The second-order valence-corrected chi connectivity index (χ2v) is 12.9. The van der Waals surface area contributed by atoms with Crippen LogP contribution in [0.25, 0.3) is 0 Å². The number of nitrogens with one attached hydrogen (secondary N) is 1. The first kappa shape index (κ1) is 39.9. The van der Waals surface area contributed by atoms with Gasteiger partial charge in [-0.3, -0.25) is 4.79 Å². The molecule has 0 aromatic carbocycles. The molecule has 15 nitrogen and oxygen atoms in total. The highest BCUT2D eigenvalue weighted by Gasteiger charge is 2.51. The molecular weight excluding hydrogens is 596 g/mol. The van der Waals surface area contributed by atoms with Gasteiger partial charge >= 0.3 is 0 Å². The first-order chi connectivity index (χ1) is 20.9. The highest BCUT2D eigenvalue weighted by atomic mass is 16.7. The van der Waals surface area contributed by atoms with Crippen LogP contribution in [0.1, 0.15) is 60.3 Å². The van der Waals surface area contributed by atoms with E-state index >= 15 is 0 Å². The van der Waals surface area contributed by atoms with Crippen molar-refractivity contribution < 1.29 is 64.2 Å². The Morgan fingerprint density at radius 3 is 2.22 bits per heavy atom. The van der Waals surface area contributed by atoms with E-state index in [1.54, 1.807) is 26.8 Å². The van der Waals surface area contributed by atoms with Crippen molar-refractivity contribution >= 4 is 5.91 Å². The number of carbonyl (C=O) groups excluding carboxylic acids is 1. The minimum absolute atomic E-state index is 0.0627. The van der Waals surface area contributed by atoms with E-state index in [-0.39, 0.29) is 31.1 Å². The van der Waals surface area contributed by atoms with E-state index in [1.807, 2.05) is 19.9 Å². The number of aliphatic hydroxyl groups is 7. The normalized spacial score (nSPS) is 35.0. The average molecular weight is 653 g/mol. The number of nitrogens with two attached hydrogens (primary N) is 1. The fourth-order valence-electron chi connectivity index (χ4n) is 5.48. The van der Waals surface area contributed by atoms with Gasteiger partial charge in [0.25, 0.3) is 0 Å². The number of amides is 1. The molecule has 2 rings (SSSR count). The lowest BCUT2D eigenvalue weighted by atomic mass is 9.81. The number of carbonyl (C=O) groups is 1. The number of hydrogen-bond donors (Lipinski definition) is 9. The van der Waals surface area contributed by atoms with Crippen LogP contribution in [0.5, 0.6) is 0 Å². The lowest BCUT2D eigenvalue weighted by Gasteiger charge is -2.46. The van der Waals surface area contributed by atoms with Gasteiger partial charge in [0.1, 0.15) is 6.10 Å². The first-order valence-electron chi connectivity index (χ1n) is 15.5. The van der Waals surface area contributed by atoms with Crippen LogP contribution < -0.4 is 11.1 Å². The van der Waals surface area contributed by atoms with E-state index in [4.69, 9.17) is 29.4 Å². The highest BCUT2D eigenvalue weighted by molar-refractivity contribution is 5.80. The SMILES string of the molecule is COC(CC(NC(=O)[C@H]1[C@H](C[C@H](/C=C/C(C)C)OC2OC(C)C(O)C(N)C2O)O[C@](O)(C[C@@H](O)C(C)C)C[C@@H]1O)C(O)O)OC. The molecule has 0 aliphatic carbocycles. The molecule has 2 aliphatic rings. The maximum Gasteiger partial charge on any atom is 0.228 e. The zero-order chi connectivity index (χ0) is 34.2. The Morgan fingerprint density at radius 1 is 1.07 bits per heavy atom. The van der Waals surface area contributed by atoms with Crippen molar-refractivity contribution in [3.05, 3.63) is 12.2 Å². The van der Waals surface area contributed by atoms with E-state index in [1.165, 1.54) is 14.2 Å².